The smallest absolute Gasteiger partial charge is 0.246 e. The van der Waals surface area contributed by atoms with E-state index in [-0.39, 0.29) is 18.4 Å². The molecule has 0 aliphatic carbocycles. The van der Waals surface area contributed by atoms with Crippen molar-refractivity contribution >= 4 is 11.8 Å². The molecule has 0 aromatic heterocycles. The number of primary amides is 1. The van der Waals surface area contributed by atoms with E-state index in [1.54, 1.807) is 4.90 Å². The van der Waals surface area contributed by atoms with Crippen LogP contribution in [-0.2, 0) is 9.59 Å². The standard InChI is InChI=1S/C15H18N2O3/c1-2-15(19)17(9-7-14(16)18)12-8-10-20-13-6-4-3-5-11(12)13/h2-6,12H,1,7-10H2,(H2,16,18). The van der Waals surface area contributed by atoms with Gasteiger partial charge < -0.3 is 15.4 Å². The Morgan fingerprint density at radius 3 is 2.90 bits per heavy atom. The maximum absolute atomic E-state index is 12.0. The molecule has 1 heterocycles. The van der Waals surface area contributed by atoms with E-state index in [9.17, 15) is 9.59 Å². The van der Waals surface area contributed by atoms with Crippen LogP contribution in [-0.4, -0.2) is 29.9 Å². The van der Waals surface area contributed by atoms with Gasteiger partial charge in [-0.25, -0.2) is 0 Å². The number of carbonyl (C=O) groups is 2. The molecule has 5 heteroatoms. The van der Waals surface area contributed by atoms with E-state index in [1.807, 2.05) is 24.3 Å². The molecule has 0 saturated heterocycles. The minimum atomic E-state index is -0.424. The number of benzene rings is 1. The summed E-state index contributed by atoms with van der Waals surface area (Å²) in [5.74, 6) is 0.157. The Morgan fingerprint density at radius 1 is 1.45 bits per heavy atom. The number of fused-ring (bicyclic) bond motifs is 1. The van der Waals surface area contributed by atoms with E-state index in [4.69, 9.17) is 10.5 Å². The van der Waals surface area contributed by atoms with Crippen LogP contribution < -0.4 is 10.5 Å². The fraction of sp³-hybridized carbons (Fsp3) is 0.333. The Bertz CT molecular complexity index is 528. The van der Waals surface area contributed by atoms with E-state index in [1.165, 1.54) is 6.08 Å². The normalized spacial score (nSPS) is 16.7. The topological polar surface area (TPSA) is 72.6 Å². The number of rotatable bonds is 5. The van der Waals surface area contributed by atoms with Crippen molar-refractivity contribution in [2.75, 3.05) is 13.2 Å². The van der Waals surface area contributed by atoms with Crippen LogP contribution in [0, 0.1) is 0 Å². The lowest BCUT2D eigenvalue weighted by Crippen LogP contribution is -2.38. The molecule has 0 bridgehead atoms. The molecular formula is C15H18N2O3. The fourth-order valence-corrected chi connectivity index (χ4v) is 2.41. The zero-order valence-corrected chi connectivity index (χ0v) is 11.2. The highest BCUT2D eigenvalue weighted by Gasteiger charge is 2.29. The van der Waals surface area contributed by atoms with Crippen LogP contribution in [0.5, 0.6) is 5.75 Å². The number of amides is 2. The lowest BCUT2D eigenvalue weighted by atomic mass is 9.98. The second kappa shape index (κ2) is 6.23. The first-order chi connectivity index (χ1) is 9.63. The van der Waals surface area contributed by atoms with Gasteiger partial charge in [0, 0.05) is 24.9 Å². The third-order valence-corrected chi connectivity index (χ3v) is 3.36. The van der Waals surface area contributed by atoms with Gasteiger partial charge >= 0.3 is 0 Å². The molecule has 0 saturated carbocycles. The van der Waals surface area contributed by atoms with E-state index in [0.717, 1.165) is 11.3 Å². The van der Waals surface area contributed by atoms with Gasteiger partial charge in [-0.15, -0.1) is 0 Å². The van der Waals surface area contributed by atoms with E-state index in [0.29, 0.717) is 19.6 Å². The Hall–Kier alpha value is -2.30. The summed E-state index contributed by atoms with van der Waals surface area (Å²) in [4.78, 5) is 24.7. The first kappa shape index (κ1) is 14.1. The lowest BCUT2D eigenvalue weighted by Gasteiger charge is -2.35. The molecule has 20 heavy (non-hydrogen) atoms. The summed E-state index contributed by atoms with van der Waals surface area (Å²) in [7, 11) is 0. The Labute approximate surface area is 118 Å². The van der Waals surface area contributed by atoms with E-state index >= 15 is 0 Å². The number of hydrogen-bond donors (Lipinski definition) is 1. The van der Waals surface area contributed by atoms with Crippen LogP contribution >= 0.6 is 0 Å². The molecule has 1 aliphatic heterocycles. The molecule has 1 atom stereocenters. The Kier molecular flexibility index (Phi) is 4.40. The van der Waals surface area contributed by atoms with Crippen molar-refractivity contribution in [2.24, 2.45) is 5.73 Å². The Morgan fingerprint density at radius 2 is 2.20 bits per heavy atom. The molecule has 1 aromatic rings. The molecule has 5 nitrogen and oxygen atoms in total. The molecule has 0 radical (unpaired) electrons. The number of ether oxygens (including phenoxy) is 1. The monoisotopic (exact) mass is 274 g/mol. The molecule has 2 amide bonds. The van der Waals surface area contributed by atoms with Crippen LogP contribution in [0.4, 0.5) is 0 Å². The predicted molar refractivity (Wildman–Crippen MR) is 75.0 cm³/mol. The van der Waals surface area contributed by atoms with Gasteiger partial charge in [0.15, 0.2) is 0 Å². The summed E-state index contributed by atoms with van der Waals surface area (Å²) in [6.07, 6.45) is 2.09. The number of hydrogen-bond acceptors (Lipinski definition) is 3. The molecule has 1 unspecified atom stereocenters. The minimum absolute atomic E-state index is 0.107. The summed E-state index contributed by atoms with van der Waals surface area (Å²) in [6.45, 7) is 4.35. The lowest BCUT2D eigenvalue weighted by molar-refractivity contribution is -0.129. The molecule has 0 spiro atoms. The van der Waals surface area contributed by atoms with Crippen LogP contribution in [0.2, 0.25) is 0 Å². The maximum Gasteiger partial charge on any atom is 0.246 e. The van der Waals surface area contributed by atoms with Crippen LogP contribution in [0.25, 0.3) is 0 Å². The summed E-state index contributed by atoms with van der Waals surface area (Å²) in [6, 6.07) is 7.51. The van der Waals surface area contributed by atoms with Crippen molar-refractivity contribution in [3.05, 3.63) is 42.5 Å². The van der Waals surface area contributed by atoms with Gasteiger partial charge in [-0.2, -0.15) is 0 Å². The highest BCUT2D eigenvalue weighted by molar-refractivity contribution is 5.88. The molecule has 106 valence electrons. The molecule has 0 fully saturated rings. The van der Waals surface area contributed by atoms with Crippen LogP contribution in [0.1, 0.15) is 24.4 Å². The number of para-hydroxylation sites is 1. The SMILES string of the molecule is C=CC(=O)N(CCC(N)=O)C1CCOc2ccccc21. The van der Waals surface area contributed by atoms with Crippen molar-refractivity contribution in [1.29, 1.82) is 0 Å². The number of nitrogens with two attached hydrogens (primary N) is 1. The molecule has 2 rings (SSSR count). The van der Waals surface area contributed by atoms with Crippen molar-refractivity contribution in [2.45, 2.75) is 18.9 Å². The van der Waals surface area contributed by atoms with E-state index in [2.05, 4.69) is 6.58 Å². The molecule has 2 N–H and O–H groups in total. The third kappa shape index (κ3) is 2.99. The molecular weight excluding hydrogens is 256 g/mol. The second-order valence-corrected chi connectivity index (χ2v) is 4.64. The maximum atomic E-state index is 12.0. The van der Waals surface area contributed by atoms with Crippen molar-refractivity contribution in [3.8, 4) is 5.75 Å². The highest BCUT2D eigenvalue weighted by atomic mass is 16.5. The van der Waals surface area contributed by atoms with Crippen LogP contribution in [0.15, 0.2) is 36.9 Å². The zero-order chi connectivity index (χ0) is 14.5. The zero-order valence-electron chi connectivity index (χ0n) is 11.2. The quantitative estimate of drug-likeness (QED) is 0.825. The summed E-state index contributed by atoms with van der Waals surface area (Å²) < 4.78 is 5.59. The first-order valence-electron chi connectivity index (χ1n) is 6.56. The summed E-state index contributed by atoms with van der Waals surface area (Å²) >= 11 is 0. The number of nitrogens with zero attached hydrogens (tertiary/aromatic N) is 1. The van der Waals surface area contributed by atoms with Crippen molar-refractivity contribution in [1.82, 2.24) is 4.90 Å². The fourth-order valence-electron chi connectivity index (χ4n) is 2.41. The average Bonchev–Trinajstić information content (AvgIpc) is 2.47. The highest BCUT2D eigenvalue weighted by Crippen LogP contribution is 2.35. The van der Waals surface area contributed by atoms with Crippen molar-refractivity contribution < 1.29 is 14.3 Å². The van der Waals surface area contributed by atoms with Gasteiger partial charge in [0.05, 0.1) is 12.6 Å². The summed E-state index contributed by atoms with van der Waals surface area (Å²) in [5, 5.41) is 0. The number of carbonyl (C=O) groups excluding carboxylic acids is 2. The van der Waals surface area contributed by atoms with Gasteiger partial charge in [-0.3, -0.25) is 9.59 Å². The predicted octanol–water partition coefficient (Wildman–Crippen LogP) is 1.40. The van der Waals surface area contributed by atoms with Gasteiger partial charge in [0.1, 0.15) is 5.75 Å². The van der Waals surface area contributed by atoms with E-state index < -0.39 is 5.91 Å². The van der Waals surface area contributed by atoms with Gasteiger partial charge in [0.2, 0.25) is 11.8 Å². The average molecular weight is 274 g/mol. The van der Waals surface area contributed by atoms with Gasteiger partial charge in [-0.1, -0.05) is 24.8 Å². The molecule has 1 aromatic carbocycles. The van der Waals surface area contributed by atoms with Gasteiger partial charge in [-0.05, 0) is 12.1 Å². The molecule has 1 aliphatic rings. The third-order valence-electron chi connectivity index (χ3n) is 3.36. The van der Waals surface area contributed by atoms with Gasteiger partial charge in [0.25, 0.3) is 0 Å². The first-order valence-corrected chi connectivity index (χ1v) is 6.56. The Balaban J connectivity index is 2.27. The minimum Gasteiger partial charge on any atom is -0.493 e. The largest absolute Gasteiger partial charge is 0.493 e. The second-order valence-electron chi connectivity index (χ2n) is 4.64. The summed E-state index contributed by atoms with van der Waals surface area (Å²) in [5.41, 5.74) is 6.14. The van der Waals surface area contributed by atoms with Crippen molar-refractivity contribution in [3.63, 3.8) is 0 Å². The van der Waals surface area contributed by atoms with Crippen LogP contribution in [0.3, 0.4) is 0 Å².